The summed E-state index contributed by atoms with van der Waals surface area (Å²) in [5.41, 5.74) is 3.53. The second-order valence-corrected chi connectivity index (χ2v) is 7.50. The van der Waals surface area contributed by atoms with Gasteiger partial charge in [-0.3, -0.25) is 4.79 Å². The fourth-order valence-corrected chi connectivity index (χ4v) is 3.43. The summed E-state index contributed by atoms with van der Waals surface area (Å²) in [6.07, 6.45) is 4.38. The predicted octanol–water partition coefficient (Wildman–Crippen LogP) is 6.72. The molecule has 24 heavy (non-hydrogen) atoms. The van der Waals surface area contributed by atoms with E-state index in [-0.39, 0.29) is 5.78 Å². The van der Waals surface area contributed by atoms with Crippen LogP contribution < -0.4 is 0 Å². The van der Waals surface area contributed by atoms with Gasteiger partial charge in [0.1, 0.15) is 0 Å². The molecule has 0 saturated carbocycles. The monoisotopic (exact) mass is 465 g/mol. The zero-order valence-electron chi connectivity index (χ0n) is 12.7. The lowest BCUT2D eigenvalue weighted by Gasteiger charge is -2.00. The second kappa shape index (κ2) is 7.68. The van der Waals surface area contributed by atoms with Crippen molar-refractivity contribution >= 4 is 72.3 Å². The standard InChI is InChI=1S/C19H14Br2ClNO/c20-10-9-18(24)19-15-7-4-13(21)11-17(15)23-16(19)8-3-12-1-5-14(22)6-2-12/h1-8,11,23H,9-10H2. The van der Waals surface area contributed by atoms with Crippen LogP contribution in [0, 0.1) is 0 Å². The number of nitrogens with one attached hydrogen (secondary N) is 1. The average Bonchev–Trinajstić information content (AvgIpc) is 2.92. The maximum Gasteiger partial charge on any atom is 0.166 e. The Labute approximate surface area is 162 Å². The van der Waals surface area contributed by atoms with Crippen LogP contribution >= 0.6 is 43.5 Å². The summed E-state index contributed by atoms with van der Waals surface area (Å²) in [5, 5.41) is 2.30. The molecule has 0 amide bonds. The first-order valence-corrected chi connectivity index (χ1v) is 9.72. The Morgan fingerprint density at radius 3 is 2.58 bits per heavy atom. The van der Waals surface area contributed by atoms with E-state index in [1.807, 2.05) is 54.6 Å². The molecule has 0 aliphatic heterocycles. The zero-order valence-corrected chi connectivity index (χ0v) is 16.6. The van der Waals surface area contributed by atoms with E-state index >= 15 is 0 Å². The molecule has 0 saturated heterocycles. The fraction of sp³-hybridized carbons (Fsp3) is 0.105. The maximum atomic E-state index is 12.6. The van der Waals surface area contributed by atoms with Crippen LogP contribution in [-0.2, 0) is 0 Å². The maximum absolute atomic E-state index is 12.6. The van der Waals surface area contributed by atoms with Crippen LogP contribution in [0.5, 0.6) is 0 Å². The van der Waals surface area contributed by atoms with Gasteiger partial charge in [0.15, 0.2) is 5.78 Å². The van der Waals surface area contributed by atoms with Crippen molar-refractivity contribution in [2.75, 3.05) is 5.33 Å². The highest BCUT2D eigenvalue weighted by Crippen LogP contribution is 2.28. The van der Waals surface area contributed by atoms with Crippen molar-refractivity contribution in [3.05, 3.63) is 68.8 Å². The van der Waals surface area contributed by atoms with E-state index in [0.29, 0.717) is 16.8 Å². The summed E-state index contributed by atoms with van der Waals surface area (Å²) in [6.45, 7) is 0. The first kappa shape index (κ1) is 17.5. The molecule has 0 atom stereocenters. The number of alkyl halides is 1. The molecule has 0 aliphatic carbocycles. The lowest BCUT2D eigenvalue weighted by atomic mass is 10.0. The average molecular weight is 468 g/mol. The fourth-order valence-electron chi connectivity index (χ4n) is 2.58. The number of fused-ring (bicyclic) bond motifs is 1. The number of hydrogen-bond donors (Lipinski definition) is 1. The van der Waals surface area contributed by atoms with Crippen molar-refractivity contribution < 1.29 is 4.79 Å². The van der Waals surface area contributed by atoms with Crippen molar-refractivity contribution in [2.45, 2.75) is 6.42 Å². The molecular formula is C19H14Br2ClNO. The molecule has 5 heteroatoms. The Kier molecular flexibility index (Phi) is 5.59. The van der Waals surface area contributed by atoms with Gasteiger partial charge in [0.2, 0.25) is 0 Å². The van der Waals surface area contributed by atoms with E-state index in [4.69, 9.17) is 11.6 Å². The number of hydrogen-bond acceptors (Lipinski definition) is 1. The molecule has 1 heterocycles. The molecule has 0 unspecified atom stereocenters. The number of halogens is 3. The summed E-state index contributed by atoms with van der Waals surface area (Å²) in [4.78, 5) is 15.9. The largest absolute Gasteiger partial charge is 0.354 e. The molecule has 1 N–H and O–H groups in total. The number of H-pyrrole nitrogens is 1. The van der Waals surface area contributed by atoms with Crippen molar-refractivity contribution in [3.63, 3.8) is 0 Å². The highest BCUT2D eigenvalue weighted by Gasteiger charge is 2.16. The number of aromatic amines is 1. The SMILES string of the molecule is O=C(CCBr)c1c(C=Cc2ccc(Cl)cc2)[nH]c2cc(Br)ccc12. The minimum absolute atomic E-state index is 0.121. The van der Waals surface area contributed by atoms with Crippen molar-refractivity contribution in [2.24, 2.45) is 0 Å². The van der Waals surface area contributed by atoms with Crippen LogP contribution in [0.15, 0.2) is 46.9 Å². The second-order valence-electron chi connectivity index (χ2n) is 5.35. The Morgan fingerprint density at radius 1 is 1.12 bits per heavy atom. The third-order valence-electron chi connectivity index (χ3n) is 3.70. The molecule has 3 aromatic rings. The van der Waals surface area contributed by atoms with E-state index in [9.17, 15) is 4.79 Å². The number of Topliss-reactive ketones (excluding diaryl/α,β-unsaturated/α-hetero) is 1. The van der Waals surface area contributed by atoms with Crippen molar-refractivity contribution in [3.8, 4) is 0 Å². The molecule has 1 aromatic heterocycles. The smallest absolute Gasteiger partial charge is 0.166 e. The Hall–Kier alpha value is -1.36. The van der Waals surface area contributed by atoms with Gasteiger partial charge >= 0.3 is 0 Å². The minimum atomic E-state index is 0.121. The number of carbonyl (C=O) groups is 1. The van der Waals surface area contributed by atoms with E-state index in [1.54, 1.807) is 0 Å². The van der Waals surface area contributed by atoms with Gasteiger partial charge in [-0.1, -0.05) is 67.7 Å². The number of carbonyl (C=O) groups excluding carboxylic acids is 1. The number of benzene rings is 2. The van der Waals surface area contributed by atoms with Gasteiger partial charge in [0.25, 0.3) is 0 Å². The normalized spacial score (nSPS) is 11.5. The van der Waals surface area contributed by atoms with Gasteiger partial charge in [-0.25, -0.2) is 0 Å². The number of ketones is 1. The Bertz CT molecular complexity index is 913. The molecule has 2 aromatic carbocycles. The summed E-state index contributed by atoms with van der Waals surface area (Å²) in [7, 11) is 0. The quantitative estimate of drug-likeness (QED) is 0.328. The molecule has 3 rings (SSSR count). The van der Waals surface area contributed by atoms with Gasteiger partial charge in [-0.2, -0.15) is 0 Å². The molecule has 122 valence electrons. The van der Waals surface area contributed by atoms with Gasteiger partial charge in [0.05, 0.1) is 11.3 Å². The van der Waals surface area contributed by atoms with Crippen LogP contribution in [0.1, 0.15) is 28.0 Å². The van der Waals surface area contributed by atoms with E-state index in [0.717, 1.165) is 32.2 Å². The first-order chi connectivity index (χ1) is 11.6. The van der Waals surface area contributed by atoms with E-state index in [1.165, 1.54) is 0 Å². The van der Waals surface area contributed by atoms with Crippen LogP contribution in [0.4, 0.5) is 0 Å². The van der Waals surface area contributed by atoms with E-state index < -0.39 is 0 Å². The van der Waals surface area contributed by atoms with Gasteiger partial charge < -0.3 is 4.98 Å². The van der Waals surface area contributed by atoms with Gasteiger partial charge in [-0.15, -0.1) is 0 Å². The highest BCUT2D eigenvalue weighted by atomic mass is 79.9. The summed E-state index contributed by atoms with van der Waals surface area (Å²) >= 11 is 12.7. The zero-order chi connectivity index (χ0) is 17.1. The molecule has 0 bridgehead atoms. The van der Waals surface area contributed by atoms with Gasteiger partial charge in [0, 0.05) is 32.1 Å². The first-order valence-electron chi connectivity index (χ1n) is 7.42. The lowest BCUT2D eigenvalue weighted by molar-refractivity contribution is 0.0991. The Balaban J connectivity index is 2.06. The van der Waals surface area contributed by atoms with Crippen LogP contribution in [0.3, 0.4) is 0 Å². The number of rotatable bonds is 5. The highest BCUT2D eigenvalue weighted by molar-refractivity contribution is 9.10. The summed E-state index contributed by atoms with van der Waals surface area (Å²) < 4.78 is 0.976. The third-order valence-corrected chi connectivity index (χ3v) is 4.84. The molecule has 0 fully saturated rings. The molecule has 0 spiro atoms. The molecule has 0 aliphatic rings. The molecule has 0 radical (unpaired) electrons. The van der Waals surface area contributed by atoms with Crippen LogP contribution in [0.25, 0.3) is 23.1 Å². The van der Waals surface area contributed by atoms with Crippen molar-refractivity contribution in [1.82, 2.24) is 4.98 Å². The third kappa shape index (κ3) is 3.82. The topological polar surface area (TPSA) is 32.9 Å². The van der Waals surface area contributed by atoms with Gasteiger partial charge in [-0.05, 0) is 35.9 Å². The molecular weight excluding hydrogens is 453 g/mol. The predicted molar refractivity (Wildman–Crippen MR) is 109 cm³/mol. The summed E-state index contributed by atoms with van der Waals surface area (Å²) in [6, 6.07) is 13.5. The van der Waals surface area contributed by atoms with Crippen LogP contribution in [0.2, 0.25) is 5.02 Å². The Morgan fingerprint density at radius 2 is 1.88 bits per heavy atom. The summed E-state index contributed by atoms with van der Waals surface area (Å²) in [5.74, 6) is 0.121. The minimum Gasteiger partial charge on any atom is -0.354 e. The lowest BCUT2D eigenvalue weighted by Crippen LogP contribution is -2.00. The van der Waals surface area contributed by atoms with Crippen molar-refractivity contribution in [1.29, 1.82) is 0 Å². The van der Waals surface area contributed by atoms with E-state index in [2.05, 4.69) is 36.8 Å². The van der Waals surface area contributed by atoms with Crippen LogP contribution in [-0.4, -0.2) is 16.1 Å². The number of aromatic nitrogens is 1. The molecule has 2 nitrogen and oxygen atoms in total.